The van der Waals surface area contributed by atoms with Crippen LogP contribution in [-0.2, 0) is 0 Å². The van der Waals surface area contributed by atoms with Crippen molar-refractivity contribution in [1.29, 1.82) is 0 Å². The minimum absolute atomic E-state index is 0.0961. The Morgan fingerprint density at radius 1 is 1.04 bits per heavy atom. The van der Waals surface area contributed by atoms with Gasteiger partial charge in [0.25, 0.3) is 0 Å². The van der Waals surface area contributed by atoms with Crippen molar-refractivity contribution in [2.24, 2.45) is 0 Å². The second-order valence-corrected chi connectivity index (χ2v) is 6.44. The van der Waals surface area contributed by atoms with Crippen LogP contribution in [0.15, 0.2) is 57.9 Å². The average Bonchev–Trinajstić information content (AvgIpc) is 2.65. The first kappa shape index (κ1) is 18.3. The highest BCUT2D eigenvalue weighted by molar-refractivity contribution is 6.32. The SMILES string of the molecule is CCCCCCOc1ccc2c(=O)c(Oc3ccccc3Cl)coc2c1. The average molecular weight is 373 g/mol. The summed E-state index contributed by atoms with van der Waals surface area (Å²) in [5, 5.41) is 0.867. The maximum atomic E-state index is 12.6. The number of hydrogen-bond donors (Lipinski definition) is 0. The molecule has 0 N–H and O–H groups in total. The van der Waals surface area contributed by atoms with E-state index in [1.807, 2.05) is 0 Å². The third kappa shape index (κ3) is 4.38. The summed E-state index contributed by atoms with van der Waals surface area (Å²) in [4.78, 5) is 12.6. The zero-order valence-corrected chi connectivity index (χ0v) is 15.4. The van der Waals surface area contributed by atoms with Crippen LogP contribution in [0.25, 0.3) is 11.0 Å². The first-order valence-corrected chi connectivity index (χ1v) is 9.17. The van der Waals surface area contributed by atoms with Gasteiger partial charge in [-0.3, -0.25) is 4.79 Å². The smallest absolute Gasteiger partial charge is 0.235 e. The standard InChI is InChI=1S/C21H21ClO4/c1-2-3-4-7-12-24-15-10-11-16-19(13-15)25-14-20(21(16)23)26-18-9-6-5-8-17(18)22/h5-6,8-11,13-14H,2-4,7,12H2,1H3. The molecular weight excluding hydrogens is 352 g/mol. The molecule has 136 valence electrons. The van der Waals surface area contributed by atoms with Gasteiger partial charge < -0.3 is 13.9 Å². The van der Waals surface area contributed by atoms with Gasteiger partial charge in [0.15, 0.2) is 0 Å². The molecule has 0 aliphatic carbocycles. The summed E-state index contributed by atoms with van der Waals surface area (Å²) < 4.78 is 16.9. The second-order valence-electron chi connectivity index (χ2n) is 6.03. The largest absolute Gasteiger partial charge is 0.493 e. The predicted molar refractivity (Wildman–Crippen MR) is 104 cm³/mol. The molecule has 4 nitrogen and oxygen atoms in total. The molecular formula is C21H21ClO4. The molecule has 3 rings (SSSR count). The van der Waals surface area contributed by atoms with E-state index in [1.54, 1.807) is 42.5 Å². The fourth-order valence-electron chi connectivity index (χ4n) is 2.62. The Morgan fingerprint density at radius 2 is 1.88 bits per heavy atom. The van der Waals surface area contributed by atoms with E-state index in [1.165, 1.54) is 19.1 Å². The zero-order valence-electron chi connectivity index (χ0n) is 14.7. The van der Waals surface area contributed by atoms with Crippen molar-refractivity contribution in [3.8, 4) is 17.2 Å². The maximum Gasteiger partial charge on any atom is 0.235 e. The summed E-state index contributed by atoms with van der Waals surface area (Å²) in [7, 11) is 0. The summed E-state index contributed by atoms with van der Waals surface area (Å²) in [6.45, 7) is 2.83. The van der Waals surface area contributed by atoms with Crippen molar-refractivity contribution >= 4 is 22.6 Å². The Balaban J connectivity index is 1.76. The summed E-state index contributed by atoms with van der Waals surface area (Å²) in [6, 6.07) is 12.2. The Labute approximate surface area is 157 Å². The number of para-hydroxylation sites is 1. The molecule has 1 aromatic heterocycles. The summed E-state index contributed by atoms with van der Waals surface area (Å²) >= 11 is 6.07. The lowest BCUT2D eigenvalue weighted by atomic mass is 10.2. The van der Waals surface area contributed by atoms with Crippen LogP contribution in [0.2, 0.25) is 5.02 Å². The summed E-state index contributed by atoms with van der Waals surface area (Å²) in [6.07, 6.45) is 5.88. The van der Waals surface area contributed by atoms with E-state index in [2.05, 4.69) is 6.92 Å². The van der Waals surface area contributed by atoms with Crippen molar-refractivity contribution in [3.05, 3.63) is 64.0 Å². The van der Waals surface area contributed by atoms with Crippen LogP contribution in [-0.4, -0.2) is 6.61 Å². The van der Waals surface area contributed by atoms with E-state index < -0.39 is 0 Å². The van der Waals surface area contributed by atoms with Crippen LogP contribution in [0.1, 0.15) is 32.6 Å². The van der Waals surface area contributed by atoms with Gasteiger partial charge >= 0.3 is 0 Å². The molecule has 0 aliphatic heterocycles. The van der Waals surface area contributed by atoms with Crippen LogP contribution in [0.5, 0.6) is 17.2 Å². The second kappa shape index (κ2) is 8.77. The molecule has 0 radical (unpaired) electrons. The van der Waals surface area contributed by atoms with Gasteiger partial charge in [0.05, 0.1) is 17.0 Å². The summed E-state index contributed by atoms with van der Waals surface area (Å²) in [5.74, 6) is 1.20. The van der Waals surface area contributed by atoms with Crippen LogP contribution >= 0.6 is 11.6 Å². The van der Waals surface area contributed by atoms with Crippen molar-refractivity contribution < 1.29 is 13.9 Å². The lowest BCUT2D eigenvalue weighted by Gasteiger charge is -2.09. The minimum atomic E-state index is -0.249. The molecule has 5 heteroatoms. The van der Waals surface area contributed by atoms with Gasteiger partial charge in [0, 0.05) is 6.07 Å². The molecule has 1 heterocycles. The minimum Gasteiger partial charge on any atom is -0.493 e. The molecule has 0 saturated carbocycles. The van der Waals surface area contributed by atoms with Gasteiger partial charge in [-0.1, -0.05) is 49.9 Å². The monoisotopic (exact) mass is 372 g/mol. The Morgan fingerprint density at radius 3 is 2.69 bits per heavy atom. The van der Waals surface area contributed by atoms with E-state index in [0.29, 0.717) is 34.1 Å². The first-order valence-electron chi connectivity index (χ1n) is 8.80. The van der Waals surface area contributed by atoms with E-state index in [9.17, 15) is 4.79 Å². The van der Waals surface area contributed by atoms with Crippen LogP contribution in [0.3, 0.4) is 0 Å². The van der Waals surface area contributed by atoms with Crippen molar-refractivity contribution in [3.63, 3.8) is 0 Å². The van der Waals surface area contributed by atoms with Gasteiger partial charge in [-0.15, -0.1) is 0 Å². The number of benzene rings is 2. The van der Waals surface area contributed by atoms with Gasteiger partial charge in [0.1, 0.15) is 23.3 Å². The number of halogens is 1. The number of hydrogen-bond acceptors (Lipinski definition) is 4. The third-order valence-corrected chi connectivity index (χ3v) is 4.35. The molecule has 3 aromatic rings. The van der Waals surface area contributed by atoms with E-state index in [-0.39, 0.29) is 11.2 Å². The van der Waals surface area contributed by atoms with Gasteiger partial charge in [-0.05, 0) is 30.7 Å². The number of fused-ring (bicyclic) bond motifs is 1. The molecule has 0 bridgehead atoms. The van der Waals surface area contributed by atoms with E-state index >= 15 is 0 Å². The maximum absolute atomic E-state index is 12.6. The van der Waals surface area contributed by atoms with Crippen LogP contribution in [0.4, 0.5) is 0 Å². The quantitative estimate of drug-likeness (QED) is 0.442. The summed E-state index contributed by atoms with van der Waals surface area (Å²) in [5.41, 5.74) is 0.216. The molecule has 0 atom stereocenters. The molecule has 0 spiro atoms. The van der Waals surface area contributed by atoms with E-state index in [0.717, 1.165) is 12.8 Å². The molecule has 2 aromatic carbocycles. The van der Waals surface area contributed by atoms with Gasteiger partial charge in [-0.25, -0.2) is 0 Å². The molecule has 0 aliphatic rings. The van der Waals surface area contributed by atoms with Crippen molar-refractivity contribution in [2.45, 2.75) is 32.6 Å². The fraction of sp³-hybridized carbons (Fsp3) is 0.286. The third-order valence-electron chi connectivity index (χ3n) is 4.04. The lowest BCUT2D eigenvalue weighted by Crippen LogP contribution is -2.05. The van der Waals surface area contributed by atoms with Crippen LogP contribution in [0, 0.1) is 0 Å². The van der Waals surface area contributed by atoms with Crippen molar-refractivity contribution in [1.82, 2.24) is 0 Å². The Hall–Kier alpha value is -2.46. The fourth-order valence-corrected chi connectivity index (χ4v) is 2.79. The van der Waals surface area contributed by atoms with Crippen LogP contribution < -0.4 is 14.9 Å². The lowest BCUT2D eigenvalue weighted by molar-refractivity contribution is 0.305. The molecule has 0 saturated heterocycles. The molecule has 0 amide bonds. The number of ether oxygens (including phenoxy) is 2. The number of unbranched alkanes of at least 4 members (excludes halogenated alkanes) is 3. The highest BCUT2D eigenvalue weighted by Gasteiger charge is 2.11. The zero-order chi connectivity index (χ0) is 18.4. The van der Waals surface area contributed by atoms with Gasteiger partial charge in [0.2, 0.25) is 11.2 Å². The highest BCUT2D eigenvalue weighted by atomic mass is 35.5. The molecule has 26 heavy (non-hydrogen) atoms. The topological polar surface area (TPSA) is 48.7 Å². The Bertz CT molecular complexity index is 933. The van der Waals surface area contributed by atoms with Gasteiger partial charge in [-0.2, -0.15) is 0 Å². The molecule has 0 fully saturated rings. The highest BCUT2D eigenvalue weighted by Crippen LogP contribution is 2.29. The van der Waals surface area contributed by atoms with Crippen molar-refractivity contribution in [2.75, 3.05) is 6.61 Å². The normalized spacial score (nSPS) is 10.8. The number of rotatable bonds is 8. The molecule has 0 unspecified atom stereocenters. The predicted octanol–water partition coefficient (Wildman–Crippen LogP) is 6.20. The Kier molecular flexibility index (Phi) is 6.18. The van der Waals surface area contributed by atoms with E-state index in [4.69, 9.17) is 25.5 Å². The first-order chi connectivity index (χ1) is 12.7.